The summed E-state index contributed by atoms with van der Waals surface area (Å²) < 4.78 is 78.5. The van der Waals surface area contributed by atoms with Crippen molar-refractivity contribution < 1.29 is 53.7 Å². The number of rotatable bonds is 11. The minimum absolute atomic E-state index is 0.0705. The Labute approximate surface area is 192 Å². The van der Waals surface area contributed by atoms with Crippen LogP contribution in [0.1, 0.15) is 19.4 Å². The maximum absolute atomic E-state index is 11.8. The van der Waals surface area contributed by atoms with Crippen molar-refractivity contribution in [2.24, 2.45) is 0 Å². The van der Waals surface area contributed by atoms with Crippen molar-refractivity contribution in [3.05, 3.63) is 35.9 Å². The lowest BCUT2D eigenvalue weighted by Gasteiger charge is -2.33. The van der Waals surface area contributed by atoms with Crippen molar-refractivity contribution in [3.63, 3.8) is 0 Å². The van der Waals surface area contributed by atoms with Crippen LogP contribution in [-0.2, 0) is 63.7 Å². The number of hydrogen-bond acceptors (Lipinski definition) is 12. The Morgan fingerprint density at radius 2 is 1.42 bits per heavy atom. The van der Waals surface area contributed by atoms with Gasteiger partial charge < -0.3 is 18.9 Å². The highest BCUT2D eigenvalue weighted by Crippen LogP contribution is 2.38. The van der Waals surface area contributed by atoms with E-state index in [0.29, 0.717) is 5.56 Å². The summed E-state index contributed by atoms with van der Waals surface area (Å²) in [7, 11) is -8.06. The van der Waals surface area contributed by atoms with Gasteiger partial charge in [-0.2, -0.15) is 16.8 Å². The fraction of sp³-hybridized carbons (Fsp3) is 0.579. The van der Waals surface area contributed by atoms with Crippen LogP contribution in [-0.4, -0.2) is 78.6 Å². The molecule has 0 saturated carbocycles. The quantitative estimate of drug-likeness (QED) is 0.293. The van der Waals surface area contributed by atoms with Gasteiger partial charge in [-0.1, -0.05) is 30.3 Å². The van der Waals surface area contributed by atoms with Gasteiger partial charge in [0.05, 0.1) is 19.1 Å². The summed E-state index contributed by atoms with van der Waals surface area (Å²) in [5, 5.41) is 0. The molecule has 1 aliphatic rings. The summed E-state index contributed by atoms with van der Waals surface area (Å²) in [6.07, 6.45) is -2.74. The standard InChI is InChI=1S/C19H26O12S2/c1-13(20)29-16-17(26-10-15-8-6-5-7-9-15)19(11-27-32(3,22)23,12-28-33(4,24)25)31-18(16)30-14(2)21/h5-9,16-18H,10-12H2,1-4H3/t16-,17-,18?/m1/s1. The molecule has 3 atom stereocenters. The van der Waals surface area contributed by atoms with Crippen molar-refractivity contribution >= 4 is 32.2 Å². The van der Waals surface area contributed by atoms with Crippen LogP contribution in [0.25, 0.3) is 0 Å². The third-order valence-electron chi connectivity index (χ3n) is 4.33. The molecule has 14 heteroatoms. The second-order valence-corrected chi connectivity index (χ2v) is 10.7. The Balaban J connectivity index is 2.50. The fourth-order valence-electron chi connectivity index (χ4n) is 3.07. The van der Waals surface area contributed by atoms with Crippen molar-refractivity contribution in [1.29, 1.82) is 0 Å². The molecule has 0 radical (unpaired) electrons. The monoisotopic (exact) mass is 510 g/mol. The van der Waals surface area contributed by atoms with Crippen LogP contribution in [0, 0.1) is 0 Å². The second-order valence-electron chi connectivity index (χ2n) is 7.38. The lowest BCUT2D eigenvalue weighted by Crippen LogP contribution is -2.53. The van der Waals surface area contributed by atoms with E-state index in [4.69, 9.17) is 27.3 Å². The van der Waals surface area contributed by atoms with E-state index in [-0.39, 0.29) is 6.61 Å². The highest BCUT2D eigenvalue weighted by molar-refractivity contribution is 7.86. The predicted octanol–water partition coefficient (Wildman–Crippen LogP) is 0.114. The SMILES string of the molecule is CC(=O)OC1OC(COS(C)(=O)=O)(COS(C)(=O)=O)[C@H](OCc2ccccc2)[C@H]1OC(C)=O. The summed E-state index contributed by atoms with van der Waals surface area (Å²) in [6, 6.07) is 8.76. The molecular weight excluding hydrogens is 484 g/mol. The molecule has 0 amide bonds. The van der Waals surface area contributed by atoms with Gasteiger partial charge in [-0.05, 0) is 5.56 Å². The molecule has 186 valence electrons. The van der Waals surface area contributed by atoms with Gasteiger partial charge in [-0.25, -0.2) is 0 Å². The molecule has 0 aromatic heterocycles. The number of esters is 2. The summed E-state index contributed by atoms with van der Waals surface area (Å²) in [4.78, 5) is 23.4. The van der Waals surface area contributed by atoms with Gasteiger partial charge in [0.2, 0.25) is 6.29 Å². The minimum atomic E-state index is -4.03. The molecule has 1 heterocycles. The average Bonchev–Trinajstić information content (AvgIpc) is 2.95. The van der Waals surface area contributed by atoms with Gasteiger partial charge in [-0.3, -0.25) is 18.0 Å². The number of hydrogen-bond donors (Lipinski definition) is 0. The topological polar surface area (TPSA) is 158 Å². The largest absolute Gasteiger partial charge is 0.453 e. The molecule has 0 bridgehead atoms. The number of carbonyl (C=O) groups excluding carboxylic acids is 2. The average molecular weight is 511 g/mol. The maximum Gasteiger partial charge on any atom is 0.305 e. The maximum atomic E-state index is 11.8. The zero-order valence-electron chi connectivity index (χ0n) is 18.5. The Morgan fingerprint density at radius 3 is 1.88 bits per heavy atom. The first kappa shape index (κ1) is 27.1. The van der Waals surface area contributed by atoms with Gasteiger partial charge in [0.15, 0.2) is 11.7 Å². The molecule has 33 heavy (non-hydrogen) atoms. The van der Waals surface area contributed by atoms with Gasteiger partial charge in [0.25, 0.3) is 20.2 Å². The minimum Gasteiger partial charge on any atom is -0.453 e. The van der Waals surface area contributed by atoms with Crippen molar-refractivity contribution in [2.75, 3.05) is 25.7 Å². The molecule has 0 N–H and O–H groups in total. The molecule has 12 nitrogen and oxygen atoms in total. The number of ether oxygens (including phenoxy) is 4. The summed E-state index contributed by atoms with van der Waals surface area (Å²) in [6.45, 7) is 0.540. The number of carbonyl (C=O) groups is 2. The van der Waals surface area contributed by atoms with Crippen LogP contribution >= 0.6 is 0 Å². The Morgan fingerprint density at radius 1 is 0.909 bits per heavy atom. The van der Waals surface area contributed by atoms with E-state index in [1.54, 1.807) is 30.3 Å². The van der Waals surface area contributed by atoms with Crippen LogP contribution in [0.15, 0.2) is 30.3 Å². The van der Waals surface area contributed by atoms with E-state index >= 15 is 0 Å². The predicted molar refractivity (Wildman–Crippen MR) is 112 cm³/mol. The lowest BCUT2D eigenvalue weighted by atomic mass is 9.96. The third-order valence-corrected chi connectivity index (χ3v) is 5.42. The van der Waals surface area contributed by atoms with E-state index in [1.807, 2.05) is 0 Å². The molecule has 2 rings (SSSR count). The normalized spacial score (nSPS) is 22.6. The van der Waals surface area contributed by atoms with Crippen molar-refractivity contribution in [2.45, 2.75) is 44.6 Å². The molecule has 1 aromatic rings. The third kappa shape index (κ3) is 8.64. The first-order chi connectivity index (χ1) is 15.2. The van der Waals surface area contributed by atoms with Crippen LogP contribution in [0.4, 0.5) is 0 Å². The smallest absolute Gasteiger partial charge is 0.305 e. The molecular formula is C19H26O12S2. The molecule has 1 unspecified atom stereocenters. The van der Waals surface area contributed by atoms with Crippen LogP contribution < -0.4 is 0 Å². The first-order valence-electron chi connectivity index (χ1n) is 9.57. The number of benzene rings is 1. The zero-order chi connectivity index (χ0) is 24.9. The molecule has 1 aromatic carbocycles. The van der Waals surface area contributed by atoms with Crippen LogP contribution in [0.5, 0.6) is 0 Å². The van der Waals surface area contributed by atoms with E-state index < -0.39 is 69.5 Å². The molecule has 1 saturated heterocycles. The summed E-state index contributed by atoms with van der Waals surface area (Å²) >= 11 is 0. The summed E-state index contributed by atoms with van der Waals surface area (Å²) in [5.74, 6) is -1.58. The van der Waals surface area contributed by atoms with Gasteiger partial charge in [0.1, 0.15) is 19.3 Å². The first-order valence-corrected chi connectivity index (χ1v) is 13.2. The second kappa shape index (κ2) is 10.9. The highest BCUT2D eigenvalue weighted by Gasteiger charge is 2.60. The Bertz CT molecular complexity index is 1000. The molecule has 1 fully saturated rings. The van der Waals surface area contributed by atoms with E-state index in [1.165, 1.54) is 0 Å². The van der Waals surface area contributed by atoms with Gasteiger partial charge in [-0.15, -0.1) is 0 Å². The summed E-state index contributed by atoms with van der Waals surface area (Å²) in [5.41, 5.74) is -1.27. The lowest BCUT2D eigenvalue weighted by molar-refractivity contribution is -0.211. The highest BCUT2D eigenvalue weighted by atomic mass is 32.2. The molecule has 1 aliphatic heterocycles. The zero-order valence-corrected chi connectivity index (χ0v) is 20.1. The van der Waals surface area contributed by atoms with E-state index in [9.17, 15) is 26.4 Å². The van der Waals surface area contributed by atoms with Crippen LogP contribution in [0.3, 0.4) is 0 Å². The molecule has 0 spiro atoms. The van der Waals surface area contributed by atoms with E-state index in [2.05, 4.69) is 0 Å². The Kier molecular flexibility index (Phi) is 8.95. The van der Waals surface area contributed by atoms with Gasteiger partial charge >= 0.3 is 11.9 Å². The Hall–Kier alpha value is -2.10. The van der Waals surface area contributed by atoms with Gasteiger partial charge in [0, 0.05) is 13.8 Å². The molecule has 0 aliphatic carbocycles. The van der Waals surface area contributed by atoms with Crippen molar-refractivity contribution in [1.82, 2.24) is 0 Å². The fourth-order valence-corrected chi connectivity index (χ4v) is 3.89. The van der Waals surface area contributed by atoms with E-state index in [0.717, 1.165) is 26.4 Å². The van der Waals surface area contributed by atoms with Crippen LogP contribution in [0.2, 0.25) is 0 Å². The van der Waals surface area contributed by atoms with Crippen molar-refractivity contribution in [3.8, 4) is 0 Å².